The molecule has 2 rings (SSSR count). The number of benzene rings is 1. The second-order valence-corrected chi connectivity index (χ2v) is 4.97. The number of carbonyl (C=O) groups is 1. The number of hydrogen-bond donors (Lipinski definition) is 2. The van der Waals surface area contributed by atoms with E-state index in [0.29, 0.717) is 30.2 Å². The second-order valence-electron chi connectivity index (χ2n) is 4.97. The molecule has 0 aromatic heterocycles. The molecule has 1 heterocycles. The van der Waals surface area contributed by atoms with Gasteiger partial charge in [-0.3, -0.25) is 4.79 Å². The van der Waals surface area contributed by atoms with Crippen LogP contribution in [0, 0.1) is 0 Å². The molecule has 2 N–H and O–H groups in total. The number of carbonyl (C=O) groups excluding carboxylic acids is 1. The number of methoxy groups -OCH3 is 3. The predicted molar refractivity (Wildman–Crippen MR) is 79.0 cm³/mol. The van der Waals surface area contributed by atoms with Gasteiger partial charge in [-0.1, -0.05) is 0 Å². The Balaban J connectivity index is 1.98. The third kappa shape index (κ3) is 3.78. The van der Waals surface area contributed by atoms with Gasteiger partial charge in [0.05, 0.1) is 21.3 Å². The van der Waals surface area contributed by atoms with Gasteiger partial charge < -0.3 is 24.8 Å². The lowest BCUT2D eigenvalue weighted by molar-refractivity contribution is -0.119. The van der Waals surface area contributed by atoms with Crippen molar-refractivity contribution in [1.29, 1.82) is 0 Å². The minimum atomic E-state index is 0.134. The minimum absolute atomic E-state index is 0.134. The van der Waals surface area contributed by atoms with Crippen molar-refractivity contribution in [1.82, 2.24) is 10.6 Å². The molecule has 6 nitrogen and oxygen atoms in total. The van der Waals surface area contributed by atoms with Gasteiger partial charge in [-0.05, 0) is 24.1 Å². The van der Waals surface area contributed by atoms with Crippen molar-refractivity contribution in [3.8, 4) is 17.2 Å². The predicted octanol–water partition coefficient (Wildman–Crippen LogP) is 1.08. The molecule has 21 heavy (non-hydrogen) atoms. The van der Waals surface area contributed by atoms with Crippen LogP contribution >= 0.6 is 0 Å². The van der Waals surface area contributed by atoms with Gasteiger partial charge in [0.1, 0.15) is 0 Å². The lowest BCUT2D eigenvalue weighted by atomic mass is 10.1. The fourth-order valence-electron chi connectivity index (χ4n) is 2.46. The van der Waals surface area contributed by atoms with E-state index in [2.05, 4.69) is 10.6 Å². The van der Waals surface area contributed by atoms with Crippen molar-refractivity contribution in [3.05, 3.63) is 17.7 Å². The molecule has 0 bridgehead atoms. The minimum Gasteiger partial charge on any atom is -0.493 e. The summed E-state index contributed by atoms with van der Waals surface area (Å²) in [6.07, 6.45) is 1.51. The van der Waals surface area contributed by atoms with E-state index in [1.165, 1.54) is 0 Å². The molecule has 0 spiro atoms. The van der Waals surface area contributed by atoms with Crippen LogP contribution in [0.25, 0.3) is 0 Å². The second kappa shape index (κ2) is 7.17. The summed E-state index contributed by atoms with van der Waals surface area (Å²) in [6.45, 7) is 1.42. The summed E-state index contributed by atoms with van der Waals surface area (Å²) in [6, 6.07) is 4.06. The quantitative estimate of drug-likeness (QED) is 0.787. The maximum absolute atomic E-state index is 11.1. The van der Waals surface area contributed by atoms with Gasteiger partial charge >= 0.3 is 0 Å². The summed E-state index contributed by atoms with van der Waals surface area (Å²) in [5, 5.41) is 6.27. The van der Waals surface area contributed by atoms with E-state index in [0.717, 1.165) is 18.5 Å². The molecule has 1 fully saturated rings. The van der Waals surface area contributed by atoms with Crippen molar-refractivity contribution in [2.45, 2.75) is 25.4 Å². The summed E-state index contributed by atoms with van der Waals surface area (Å²) < 4.78 is 15.9. The van der Waals surface area contributed by atoms with Crippen LogP contribution in [0.2, 0.25) is 0 Å². The van der Waals surface area contributed by atoms with E-state index in [4.69, 9.17) is 14.2 Å². The lowest BCUT2D eigenvalue weighted by Gasteiger charge is -2.15. The topological polar surface area (TPSA) is 68.8 Å². The average molecular weight is 294 g/mol. The Labute approximate surface area is 124 Å². The first-order valence-corrected chi connectivity index (χ1v) is 6.97. The highest BCUT2D eigenvalue weighted by Crippen LogP contribution is 2.38. The van der Waals surface area contributed by atoms with Gasteiger partial charge in [0.2, 0.25) is 11.7 Å². The van der Waals surface area contributed by atoms with Crippen LogP contribution < -0.4 is 24.8 Å². The molecule has 1 aliphatic heterocycles. The molecule has 0 saturated carbocycles. The van der Waals surface area contributed by atoms with Gasteiger partial charge in [-0.25, -0.2) is 0 Å². The van der Waals surface area contributed by atoms with E-state index >= 15 is 0 Å². The Hall–Kier alpha value is -1.95. The van der Waals surface area contributed by atoms with E-state index in [1.807, 2.05) is 12.1 Å². The van der Waals surface area contributed by atoms with Gasteiger partial charge in [-0.2, -0.15) is 0 Å². The average Bonchev–Trinajstić information content (AvgIpc) is 2.91. The third-order valence-electron chi connectivity index (χ3n) is 3.53. The zero-order valence-corrected chi connectivity index (χ0v) is 12.7. The molecule has 0 aliphatic carbocycles. The summed E-state index contributed by atoms with van der Waals surface area (Å²) in [7, 11) is 4.78. The van der Waals surface area contributed by atoms with E-state index < -0.39 is 0 Å². The van der Waals surface area contributed by atoms with Crippen LogP contribution in [-0.2, 0) is 11.3 Å². The number of rotatable bonds is 7. The van der Waals surface area contributed by atoms with Gasteiger partial charge in [0, 0.05) is 25.6 Å². The Morgan fingerprint density at radius 3 is 2.33 bits per heavy atom. The van der Waals surface area contributed by atoms with Crippen LogP contribution in [-0.4, -0.2) is 39.8 Å². The van der Waals surface area contributed by atoms with E-state index in [9.17, 15) is 4.79 Å². The number of nitrogens with one attached hydrogen (secondary N) is 2. The molecule has 1 aromatic carbocycles. The Morgan fingerprint density at radius 1 is 1.19 bits per heavy atom. The largest absolute Gasteiger partial charge is 0.493 e. The van der Waals surface area contributed by atoms with Gasteiger partial charge in [0.25, 0.3) is 0 Å². The standard InChI is InChI=1S/C15H22N2O4/c1-19-12-6-10(7-13(20-2)15(12)21-3)8-16-9-11-4-5-14(18)17-11/h6-7,11,16H,4-5,8-9H2,1-3H3,(H,17,18). The normalized spacial score (nSPS) is 17.5. The molecule has 6 heteroatoms. The summed E-state index contributed by atoms with van der Waals surface area (Å²) in [4.78, 5) is 11.1. The van der Waals surface area contributed by atoms with E-state index in [1.54, 1.807) is 21.3 Å². The zero-order valence-electron chi connectivity index (χ0n) is 12.7. The van der Waals surface area contributed by atoms with Gasteiger partial charge in [0.15, 0.2) is 11.5 Å². The Bertz CT molecular complexity index is 479. The van der Waals surface area contributed by atoms with Crippen LogP contribution in [0.15, 0.2) is 12.1 Å². The Kier molecular flexibility index (Phi) is 5.27. The van der Waals surface area contributed by atoms with Crippen molar-refractivity contribution >= 4 is 5.91 Å². The van der Waals surface area contributed by atoms with Crippen molar-refractivity contribution < 1.29 is 19.0 Å². The smallest absolute Gasteiger partial charge is 0.220 e. The molecule has 116 valence electrons. The van der Waals surface area contributed by atoms with Crippen LogP contribution in [0.1, 0.15) is 18.4 Å². The SMILES string of the molecule is COc1cc(CNCC2CCC(=O)N2)cc(OC)c1OC. The zero-order chi connectivity index (χ0) is 15.2. The first-order chi connectivity index (χ1) is 10.2. The number of hydrogen-bond acceptors (Lipinski definition) is 5. The molecule has 1 aliphatic rings. The molecule has 1 atom stereocenters. The number of amides is 1. The van der Waals surface area contributed by atoms with Crippen LogP contribution in [0.5, 0.6) is 17.2 Å². The summed E-state index contributed by atoms with van der Waals surface area (Å²) in [5.74, 6) is 2.01. The fraction of sp³-hybridized carbons (Fsp3) is 0.533. The first-order valence-electron chi connectivity index (χ1n) is 6.97. The molecular weight excluding hydrogens is 272 g/mol. The molecule has 1 saturated heterocycles. The number of ether oxygens (including phenoxy) is 3. The molecule has 1 aromatic rings. The maximum Gasteiger partial charge on any atom is 0.220 e. The highest BCUT2D eigenvalue weighted by atomic mass is 16.5. The molecule has 1 amide bonds. The monoisotopic (exact) mass is 294 g/mol. The molecule has 0 radical (unpaired) electrons. The van der Waals surface area contributed by atoms with Gasteiger partial charge in [-0.15, -0.1) is 0 Å². The van der Waals surface area contributed by atoms with Crippen molar-refractivity contribution in [3.63, 3.8) is 0 Å². The van der Waals surface area contributed by atoms with Crippen LogP contribution in [0.3, 0.4) is 0 Å². The third-order valence-corrected chi connectivity index (χ3v) is 3.53. The fourth-order valence-corrected chi connectivity index (χ4v) is 2.46. The summed E-state index contributed by atoms with van der Waals surface area (Å²) >= 11 is 0. The maximum atomic E-state index is 11.1. The lowest BCUT2D eigenvalue weighted by Crippen LogP contribution is -2.35. The highest BCUT2D eigenvalue weighted by molar-refractivity contribution is 5.78. The first kappa shape index (κ1) is 15.4. The molecule has 1 unspecified atom stereocenters. The Morgan fingerprint density at radius 2 is 1.86 bits per heavy atom. The van der Waals surface area contributed by atoms with Crippen LogP contribution in [0.4, 0.5) is 0 Å². The van der Waals surface area contributed by atoms with Crippen molar-refractivity contribution in [2.75, 3.05) is 27.9 Å². The summed E-state index contributed by atoms with van der Waals surface area (Å²) in [5.41, 5.74) is 1.04. The van der Waals surface area contributed by atoms with Crippen molar-refractivity contribution in [2.24, 2.45) is 0 Å². The van der Waals surface area contributed by atoms with E-state index in [-0.39, 0.29) is 11.9 Å². The highest BCUT2D eigenvalue weighted by Gasteiger charge is 2.20. The molecular formula is C15H22N2O4.